The summed E-state index contributed by atoms with van der Waals surface area (Å²) < 4.78 is 15.5. The fourth-order valence-corrected chi connectivity index (χ4v) is 2.35. The summed E-state index contributed by atoms with van der Waals surface area (Å²) >= 11 is 0. The standard InChI is InChI=1S/C19H18N2O6/c1-2-24-19(23)14-5-3-4-6-15(14)21-18(22)11-27-20-10-13-7-8-16-17(9-13)26-12-25-16/h3-10H,2,11-12H2,1H3,(H,21,22). The molecule has 2 aromatic rings. The van der Waals surface area contributed by atoms with Crippen LogP contribution >= 0.6 is 0 Å². The van der Waals surface area contributed by atoms with Gasteiger partial charge in [-0.05, 0) is 37.3 Å². The van der Waals surface area contributed by atoms with E-state index < -0.39 is 11.9 Å². The van der Waals surface area contributed by atoms with E-state index in [-0.39, 0.29) is 25.6 Å². The average molecular weight is 370 g/mol. The maximum atomic E-state index is 12.0. The summed E-state index contributed by atoms with van der Waals surface area (Å²) in [5, 5.41) is 6.37. The van der Waals surface area contributed by atoms with Gasteiger partial charge in [0, 0.05) is 5.56 Å². The van der Waals surface area contributed by atoms with Gasteiger partial charge in [-0.3, -0.25) is 4.79 Å². The highest BCUT2D eigenvalue weighted by atomic mass is 16.7. The van der Waals surface area contributed by atoms with E-state index in [2.05, 4.69) is 10.5 Å². The fourth-order valence-electron chi connectivity index (χ4n) is 2.35. The van der Waals surface area contributed by atoms with Crippen LogP contribution in [0.2, 0.25) is 0 Å². The third-order valence-corrected chi connectivity index (χ3v) is 3.57. The van der Waals surface area contributed by atoms with E-state index in [1.54, 1.807) is 49.4 Å². The van der Waals surface area contributed by atoms with Crippen LogP contribution in [0, 0.1) is 0 Å². The molecule has 0 aliphatic carbocycles. The Labute approximate surface area is 155 Å². The molecule has 1 N–H and O–H groups in total. The van der Waals surface area contributed by atoms with Crippen LogP contribution < -0.4 is 14.8 Å². The van der Waals surface area contributed by atoms with E-state index in [0.29, 0.717) is 17.2 Å². The summed E-state index contributed by atoms with van der Waals surface area (Å²) in [4.78, 5) is 28.9. The number of rotatable bonds is 7. The van der Waals surface area contributed by atoms with Crippen molar-refractivity contribution in [1.29, 1.82) is 0 Å². The lowest BCUT2D eigenvalue weighted by Crippen LogP contribution is -2.19. The van der Waals surface area contributed by atoms with Crippen molar-refractivity contribution >= 4 is 23.8 Å². The van der Waals surface area contributed by atoms with Gasteiger partial charge in [0.2, 0.25) is 6.79 Å². The Kier molecular flexibility index (Phi) is 5.88. The van der Waals surface area contributed by atoms with Gasteiger partial charge in [0.1, 0.15) is 0 Å². The number of amides is 1. The number of esters is 1. The van der Waals surface area contributed by atoms with E-state index in [0.717, 1.165) is 5.56 Å². The van der Waals surface area contributed by atoms with Crippen LogP contribution in [0.5, 0.6) is 11.5 Å². The molecule has 8 heteroatoms. The minimum atomic E-state index is -0.504. The molecular formula is C19H18N2O6. The number of anilines is 1. The molecule has 1 aliphatic rings. The number of carbonyl (C=O) groups excluding carboxylic acids is 2. The average Bonchev–Trinajstić information content (AvgIpc) is 3.14. The van der Waals surface area contributed by atoms with Crippen molar-refractivity contribution in [2.45, 2.75) is 6.92 Å². The Morgan fingerprint density at radius 1 is 1.19 bits per heavy atom. The van der Waals surface area contributed by atoms with Gasteiger partial charge in [-0.25, -0.2) is 4.79 Å². The van der Waals surface area contributed by atoms with Gasteiger partial charge < -0.3 is 24.4 Å². The van der Waals surface area contributed by atoms with Crippen molar-refractivity contribution in [1.82, 2.24) is 0 Å². The molecule has 8 nitrogen and oxygen atoms in total. The Morgan fingerprint density at radius 3 is 2.85 bits per heavy atom. The smallest absolute Gasteiger partial charge is 0.340 e. The molecule has 0 radical (unpaired) electrons. The SMILES string of the molecule is CCOC(=O)c1ccccc1NC(=O)CON=Cc1ccc2c(c1)OCO2. The number of hydrogen-bond acceptors (Lipinski definition) is 7. The number of fused-ring (bicyclic) bond motifs is 1. The molecule has 0 aromatic heterocycles. The van der Waals surface area contributed by atoms with Gasteiger partial charge in [-0.15, -0.1) is 0 Å². The second kappa shape index (κ2) is 8.70. The molecule has 3 rings (SSSR count). The third kappa shape index (κ3) is 4.75. The van der Waals surface area contributed by atoms with Crippen LogP contribution in [-0.2, 0) is 14.4 Å². The predicted molar refractivity (Wildman–Crippen MR) is 97.1 cm³/mol. The van der Waals surface area contributed by atoms with Gasteiger partial charge in [0.05, 0.1) is 24.1 Å². The third-order valence-electron chi connectivity index (χ3n) is 3.57. The van der Waals surface area contributed by atoms with Crippen molar-refractivity contribution in [3.63, 3.8) is 0 Å². The molecule has 0 saturated heterocycles. The molecule has 27 heavy (non-hydrogen) atoms. The summed E-state index contributed by atoms with van der Waals surface area (Å²) in [6.07, 6.45) is 1.46. The first-order valence-corrected chi connectivity index (χ1v) is 8.28. The summed E-state index contributed by atoms with van der Waals surface area (Å²) in [6, 6.07) is 11.9. The zero-order chi connectivity index (χ0) is 19.1. The Morgan fingerprint density at radius 2 is 2.00 bits per heavy atom. The quantitative estimate of drug-likeness (QED) is 0.457. The summed E-state index contributed by atoms with van der Waals surface area (Å²) in [7, 11) is 0. The zero-order valence-corrected chi connectivity index (χ0v) is 14.6. The van der Waals surface area contributed by atoms with Crippen LogP contribution in [0.1, 0.15) is 22.8 Å². The number of nitrogens with one attached hydrogen (secondary N) is 1. The van der Waals surface area contributed by atoms with Crippen molar-refractivity contribution in [3.05, 3.63) is 53.6 Å². The van der Waals surface area contributed by atoms with E-state index in [1.807, 2.05) is 0 Å². The Balaban J connectivity index is 1.52. The van der Waals surface area contributed by atoms with Crippen LogP contribution in [0.15, 0.2) is 47.6 Å². The molecule has 140 valence electrons. The van der Waals surface area contributed by atoms with E-state index in [9.17, 15) is 9.59 Å². The highest BCUT2D eigenvalue weighted by Crippen LogP contribution is 2.31. The van der Waals surface area contributed by atoms with E-state index in [4.69, 9.17) is 19.0 Å². The van der Waals surface area contributed by atoms with Crippen LogP contribution in [-0.4, -0.2) is 38.1 Å². The fraction of sp³-hybridized carbons (Fsp3) is 0.211. The lowest BCUT2D eigenvalue weighted by molar-refractivity contribution is -0.120. The van der Waals surface area contributed by atoms with Crippen molar-refractivity contribution in [3.8, 4) is 11.5 Å². The highest BCUT2D eigenvalue weighted by molar-refractivity contribution is 6.01. The number of nitrogens with zero attached hydrogens (tertiary/aromatic N) is 1. The zero-order valence-electron chi connectivity index (χ0n) is 14.6. The predicted octanol–water partition coefficient (Wildman–Crippen LogP) is 2.58. The van der Waals surface area contributed by atoms with Crippen molar-refractivity contribution in [2.75, 3.05) is 25.3 Å². The maximum Gasteiger partial charge on any atom is 0.340 e. The van der Waals surface area contributed by atoms with E-state index >= 15 is 0 Å². The topological polar surface area (TPSA) is 95.5 Å². The minimum absolute atomic E-state index is 0.194. The lowest BCUT2D eigenvalue weighted by atomic mass is 10.2. The highest BCUT2D eigenvalue weighted by Gasteiger charge is 2.14. The number of oxime groups is 1. The summed E-state index contributed by atoms with van der Waals surface area (Å²) in [5.74, 6) is 0.352. The van der Waals surface area contributed by atoms with Gasteiger partial charge in [0.15, 0.2) is 18.1 Å². The first-order valence-electron chi connectivity index (χ1n) is 8.28. The number of para-hydroxylation sites is 1. The van der Waals surface area contributed by atoms with E-state index in [1.165, 1.54) is 6.21 Å². The first-order chi connectivity index (χ1) is 13.2. The molecule has 1 aliphatic heterocycles. The van der Waals surface area contributed by atoms with Crippen molar-refractivity contribution < 1.29 is 28.6 Å². The normalized spacial score (nSPS) is 12.0. The molecule has 0 saturated carbocycles. The summed E-state index contributed by atoms with van der Waals surface area (Å²) in [6.45, 7) is 1.85. The number of carbonyl (C=O) groups is 2. The molecule has 0 atom stereocenters. The Bertz CT molecular complexity index is 865. The molecule has 1 heterocycles. The van der Waals surface area contributed by atoms with Gasteiger partial charge in [-0.1, -0.05) is 17.3 Å². The van der Waals surface area contributed by atoms with Gasteiger partial charge in [0.25, 0.3) is 5.91 Å². The largest absolute Gasteiger partial charge is 0.462 e. The maximum absolute atomic E-state index is 12.0. The first kappa shape index (κ1) is 18.2. The second-order valence-electron chi connectivity index (χ2n) is 5.43. The van der Waals surface area contributed by atoms with Crippen LogP contribution in [0.3, 0.4) is 0 Å². The van der Waals surface area contributed by atoms with Gasteiger partial charge >= 0.3 is 5.97 Å². The van der Waals surface area contributed by atoms with Crippen LogP contribution in [0.25, 0.3) is 0 Å². The monoisotopic (exact) mass is 370 g/mol. The molecule has 2 aromatic carbocycles. The molecule has 0 bridgehead atoms. The molecule has 0 fully saturated rings. The van der Waals surface area contributed by atoms with Crippen LogP contribution in [0.4, 0.5) is 5.69 Å². The molecule has 0 unspecified atom stereocenters. The number of benzene rings is 2. The van der Waals surface area contributed by atoms with Crippen molar-refractivity contribution in [2.24, 2.45) is 5.16 Å². The number of ether oxygens (including phenoxy) is 3. The molecule has 0 spiro atoms. The second-order valence-corrected chi connectivity index (χ2v) is 5.43. The molecular weight excluding hydrogens is 352 g/mol. The minimum Gasteiger partial charge on any atom is -0.462 e. The Hall–Kier alpha value is -3.55. The van der Waals surface area contributed by atoms with Gasteiger partial charge in [-0.2, -0.15) is 0 Å². The molecule has 1 amide bonds. The number of hydrogen-bond donors (Lipinski definition) is 1. The summed E-state index contributed by atoms with van der Waals surface area (Å²) in [5.41, 5.74) is 1.37. The lowest BCUT2D eigenvalue weighted by Gasteiger charge is -2.09.